The highest BCUT2D eigenvalue weighted by atomic mass is 35.5. The number of hydrogen-bond donors (Lipinski definition) is 1. The van der Waals surface area contributed by atoms with Gasteiger partial charge < -0.3 is 24.3 Å². The van der Waals surface area contributed by atoms with Crippen LogP contribution in [-0.2, 0) is 9.47 Å². The van der Waals surface area contributed by atoms with E-state index in [4.69, 9.17) is 30.5 Å². The average Bonchev–Trinajstić information content (AvgIpc) is 3.36. The number of nitrogens with zero attached hydrogens (tertiary/aromatic N) is 2. The van der Waals surface area contributed by atoms with E-state index in [9.17, 15) is 0 Å². The summed E-state index contributed by atoms with van der Waals surface area (Å²) >= 11 is 6.30. The number of anilines is 1. The van der Waals surface area contributed by atoms with Crippen LogP contribution in [0.2, 0.25) is 0 Å². The number of methoxy groups -OCH3 is 1. The topological polar surface area (TPSA) is 74.7 Å². The lowest BCUT2D eigenvalue weighted by atomic mass is 10.00. The van der Waals surface area contributed by atoms with Crippen LogP contribution in [0.15, 0.2) is 41.2 Å². The van der Waals surface area contributed by atoms with Crippen LogP contribution in [0.3, 0.4) is 0 Å². The average molecular weight is 430 g/mol. The molecule has 1 aromatic carbocycles. The van der Waals surface area contributed by atoms with E-state index in [1.807, 2.05) is 25.1 Å². The molecular weight excluding hydrogens is 406 g/mol. The molecule has 8 heteroatoms. The zero-order chi connectivity index (χ0) is 20.7. The fourth-order valence-corrected chi connectivity index (χ4v) is 4.46. The van der Waals surface area contributed by atoms with Gasteiger partial charge in [0.1, 0.15) is 18.2 Å². The predicted octanol–water partition coefficient (Wildman–Crippen LogP) is 3.83. The normalized spacial score (nSPS) is 28.1. The molecule has 0 spiro atoms. The summed E-state index contributed by atoms with van der Waals surface area (Å²) in [5.74, 6) is 1.98. The fraction of sp³-hybridized carbons (Fsp3) is 0.455. The van der Waals surface area contributed by atoms with Crippen LogP contribution in [0.1, 0.15) is 19.8 Å². The molecule has 158 valence electrons. The van der Waals surface area contributed by atoms with Gasteiger partial charge in [-0.05, 0) is 37.5 Å². The summed E-state index contributed by atoms with van der Waals surface area (Å²) < 4.78 is 23.5. The summed E-state index contributed by atoms with van der Waals surface area (Å²) in [7, 11) is 1.63. The zero-order valence-corrected chi connectivity index (χ0v) is 17.7. The second-order valence-electron chi connectivity index (χ2n) is 7.76. The van der Waals surface area contributed by atoms with Crippen molar-refractivity contribution in [3.63, 3.8) is 0 Å². The Morgan fingerprint density at radius 1 is 1.20 bits per heavy atom. The van der Waals surface area contributed by atoms with Crippen LogP contribution in [0.5, 0.6) is 11.5 Å². The molecule has 0 bridgehead atoms. The lowest BCUT2D eigenvalue weighted by Crippen LogP contribution is -2.32. The van der Waals surface area contributed by atoms with Crippen LogP contribution < -0.4 is 14.8 Å². The Bertz CT molecular complexity index is 1020. The van der Waals surface area contributed by atoms with Crippen molar-refractivity contribution < 1.29 is 18.9 Å². The molecule has 30 heavy (non-hydrogen) atoms. The van der Waals surface area contributed by atoms with Gasteiger partial charge in [-0.3, -0.25) is 0 Å². The molecule has 3 unspecified atom stereocenters. The van der Waals surface area contributed by atoms with Crippen molar-refractivity contribution in [2.45, 2.75) is 44.1 Å². The number of hydrogen-bond acceptors (Lipinski definition) is 7. The van der Waals surface area contributed by atoms with Gasteiger partial charge in [-0.15, -0.1) is 0 Å². The molecule has 3 heterocycles. The van der Waals surface area contributed by atoms with Gasteiger partial charge in [-0.2, -0.15) is 0 Å². The number of rotatable bonds is 5. The number of aromatic nitrogens is 2. The summed E-state index contributed by atoms with van der Waals surface area (Å²) in [6.07, 6.45) is 7.23. The molecular formula is C22H24ClN3O4. The van der Waals surface area contributed by atoms with E-state index in [-0.39, 0.29) is 24.4 Å². The Balaban J connectivity index is 1.45. The van der Waals surface area contributed by atoms with Gasteiger partial charge in [0, 0.05) is 23.1 Å². The minimum atomic E-state index is -0.160. The Kier molecular flexibility index (Phi) is 5.26. The summed E-state index contributed by atoms with van der Waals surface area (Å²) in [5, 5.41) is 5.12. The molecule has 0 saturated carbocycles. The van der Waals surface area contributed by atoms with E-state index in [2.05, 4.69) is 21.4 Å². The third-order valence-electron chi connectivity index (χ3n) is 5.97. The van der Waals surface area contributed by atoms with Crippen LogP contribution in [0.25, 0.3) is 10.9 Å². The number of halogens is 1. The molecule has 5 rings (SSSR count). The van der Waals surface area contributed by atoms with Crippen molar-refractivity contribution in [2.24, 2.45) is 0 Å². The number of allylic oxidation sites excluding steroid dienone is 2. The minimum Gasteiger partial charge on any atom is -0.493 e. The van der Waals surface area contributed by atoms with Crippen molar-refractivity contribution in [3.8, 4) is 11.5 Å². The SMILES string of the molecule is COc1cc2c(NC3CC=CC(Cl)=C3C)ncnc2cc1O[C@@H]1COC2CCOC21. The number of benzene rings is 1. The van der Waals surface area contributed by atoms with E-state index in [1.165, 1.54) is 0 Å². The minimum absolute atomic E-state index is 0.0353. The third-order valence-corrected chi connectivity index (χ3v) is 6.39. The maximum Gasteiger partial charge on any atom is 0.164 e. The molecule has 7 nitrogen and oxygen atoms in total. The molecule has 2 aromatic rings. The molecule has 2 aliphatic heterocycles. The van der Waals surface area contributed by atoms with E-state index >= 15 is 0 Å². The first-order valence-electron chi connectivity index (χ1n) is 10.2. The second-order valence-corrected chi connectivity index (χ2v) is 8.17. The van der Waals surface area contributed by atoms with Gasteiger partial charge in [-0.1, -0.05) is 17.7 Å². The first-order valence-corrected chi connectivity index (χ1v) is 10.5. The summed E-state index contributed by atoms with van der Waals surface area (Å²) in [4.78, 5) is 8.91. The molecule has 4 atom stereocenters. The fourth-order valence-electron chi connectivity index (χ4n) is 4.24. The van der Waals surface area contributed by atoms with Crippen molar-refractivity contribution in [1.29, 1.82) is 0 Å². The maximum absolute atomic E-state index is 6.30. The lowest BCUT2D eigenvalue weighted by Gasteiger charge is -2.23. The van der Waals surface area contributed by atoms with E-state index < -0.39 is 0 Å². The quantitative estimate of drug-likeness (QED) is 0.774. The molecule has 2 saturated heterocycles. The Morgan fingerprint density at radius 2 is 2.10 bits per heavy atom. The van der Waals surface area contributed by atoms with Gasteiger partial charge >= 0.3 is 0 Å². The predicted molar refractivity (Wildman–Crippen MR) is 114 cm³/mol. The van der Waals surface area contributed by atoms with Gasteiger partial charge in [0.2, 0.25) is 0 Å². The number of fused-ring (bicyclic) bond motifs is 2. The molecule has 1 aromatic heterocycles. The van der Waals surface area contributed by atoms with Gasteiger partial charge in [0.15, 0.2) is 17.6 Å². The van der Waals surface area contributed by atoms with E-state index in [1.54, 1.807) is 13.4 Å². The first-order chi connectivity index (χ1) is 14.6. The highest BCUT2D eigenvalue weighted by Crippen LogP contribution is 2.38. The Labute approximate surface area is 180 Å². The highest BCUT2D eigenvalue weighted by molar-refractivity contribution is 6.31. The Morgan fingerprint density at radius 3 is 2.97 bits per heavy atom. The molecule has 0 radical (unpaired) electrons. The highest BCUT2D eigenvalue weighted by Gasteiger charge is 2.43. The summed E-state index contributed by atoms with van der Waals surface area (Å²) in [6, 6.07) is 3.88. The van der Waals surface area contributed by atoms with Crippen LogP contribution >= 0.6 is 11.6 Å². The maximum atomic E-state index is 6.30. The van der Waals surface area contributed by atoms with Crippen molar-refractivity contribution in [1.82, 2.24) is 9.97 Å². The largest absolute Gasteiger partial charge is 0.493 e. The lowest BCUT2D eigenvalue weighted by molar-refractivity contribution is 0.0298. The number of nitrogens with one attached hydrogen (secondary N) is 1. The van der Waals surface area contributed by atoms with E-state index in [0.717, 1.165) is 40.2 Å². The molecule has 2 fully saturated rings. The number of ether oxygens (including phenoxy) is 4. The standard InChI is InChI=1S/C22H24ClN3O4/c1-12-14(23)4-3-5-15(12)26-22-13-8-18(27-2)19(9-16(13)24-11-25-22)30-20-10-29-17-6-7-28-21(17)20/h3-4,8-9,11,15,17,20-21H,5-7,10H2,1-2H3,(H,24,25,26)/t15?,17?,20-,21?/m1/s1. The van der Waals surface area contributed by atoms with Crippen LogP contribution in [0, 0.1) is 0 Å². The molecule has 3 aliphatic rings. The monoisotopic (exact) mass is 429 g/mol. The second kappa shape index (κ2) is 8.06. The van der Waals surface area contributed by atoms with Crippen LogP contribution in [0.4, 0.5) is 5.82 Å². The smallest absolute Gasteiger partial charge is 0.164 e. The van der Waals surface area contributed by atoms with Crippen LogP contribution in [-0.4, -0.2) is 54.6 Å². The van der Waals surface area contributed by atoms with Gasteiger partial charge in [0.25, 0.3) is 0 Å². The van der Waals surface area contributed by atoms with Gasteiger partial charge in [-0.25, -0.2) is 9.97 Å². The molecule has 1 N–H and O–H groups in total. The summed E-state index contributed by atoms with van der Waals surface area (Å²) in [6.45, 7) is 3.25. The summed E-state index contributed by atoms with van der Waals surface area (Å²) in [5.41, 5.74) is 1.86. The van der Waals surface area contributed by atoms with Crippen molar-refractivity contribution in [3.05, 3.63) is 41.2 Å². The first kappa shape index (κ1) is 19.6. The third kappa shape index (κ3) is 3.51. The van der Waals surface area contributed by atoms with Crippen molar-refractivity contribution >= 4 is 28.3 Å². The zero-order valence-electron chi connectivity index (χ0n) is 16.9. The van der Waals surface area contributed by atoms with Crippen molar-refractivity contribution in [2.75, 3.05) is 25.6 Å². The van der Waals surface area contributed by atoms with E-state index in [0.29, 0.717) is 24.7 Å². The Hall–Kier alpha value is -2.35. The molecule has 0 amide bonds. The molecule has 1 aliphatic carbocycles. The van der Waals surface area contributed by atoms with Gasteiger partial charge in [0.05, 0.1) is 31.4 Å².